The summed E-state index contributed by atoms with van der Waals surface area (Å²) < 4.78 is 17.1. The number of esters is 1. The summed E-state index contributed by atoms with van der Waals surface area (Å²) in [5.74, 6) is 2.04. The van der Waals surface area contributed by atoms with Crippen LogP contribution in [-0.2, 0) is 4.74 Å². The Hall–Kier alpha value is -2.82. The summed E-state index contributed by atoms with van der Waals surface area (Å²) in [5.41, 5.74) is 1.39. The fourth-order valence-electron chi connectivity index (χ4n) is 4.06. The van der Waals surface area contributed by atoms with Crippen LogP contribution in [0.3, 0.4) is 0 Å². The van der Waals surface area contributed by atoms with Gasteiger partial charge in [-0.05, 0) is 60.9 Å². The molecule has 1 heterocycles. The molecule has 0 saturated carbocycles. The third-order valence-electron chi connectivity index (χ3n) is 6.64. The lowest BCUT2D eigenvalue weighted by Gasteiger charge is -2.11. The molecule has 0 aromatic heterocycles. The van der Waals surface area contributed by atoms with Gasteiger partial charge in [-0.15, -0.1) is 0 Å². The molecule has 5 heteroatoms. The molecule has 0 radical (unpaired) electrons. The van der Waals surface area contributed by atoms with Crippen LogP contribution in [0.15, 0.2) is 53.5 Å². The molecule has 0 fully saturated rings. The van der Waals surface area contributed by atoms with Crippen LogP contribution in [0.4, 0.5) is 0 Å². The maximum atomic E-state index is 12.5. The van der Waals surface area contributed by atoms with Crippen molar-refractivity contribution < 1.29 is 19.0 Å². The second-order valence-electron chi connectivity index (χ2n) is 9.46. The fraction of sp³-hybridized carbons (Fsp3) is 0.533. The van der Waals surface area contributed by atoms with Crippen molar-refractivity contribution in [3.05, 3.63) is 59.7 Å². The molecule has 0 amide bonds. The number of ether oxygens (including phenoxy) is 3. The fourth-order valence-corrected chi connectivity index (χ4v) is 4.06. The Labute approximate surface area is 210 Å². The van der Waals surface area contributed by atoms with Crippen molar-refractivity contribution in [1.29, 1.82) is 0 Å². The molecule has 0 N–H and O–H groups in total. The first-order valence-electron chi connectivity index (χ1n) is 13.4. The first-order chi connectivity index (χ1) is 17.1. The molecule has 2 atom stereocenters. The van der Waals surface area contributed by atoms with Gasteiger partial charge in [0.05, 0.1) is 18.2 Å². The molecule has 0 aliphatic carbocycles. The van der Waals surface area contributed by atoms with Crippen molar-refractivity contribution in [3.63, 3.8) is 0 Å². The largest absolute Gasteiger partial charge is 0.494 e. The highest BCUT2D eigenvalue weighted by molar-refractivity contribution is 5.95. The van der Waals surface area contributed by atoms with Crippen molar-refractivity contribution in [2.75, 3.05) is 13.2 Å². The molecule has 0 spiro atoms. The van der Waals surface area contributed by atoms with Crippen LogP contribution in [0.2, 0.25) is 0 Å². The van der Waals surface area contributed by atoms with E-state index in [1.807, 2.05) is 24.3 Å². The maximum Gasteiger partial charge on any atom is 0.343 e. The lowest BCUT2D eigenvalue weighted by Crippen LogP contribution is -2.16. The van der Waals surface area contributed by atoms with Gasteiger partial charge in [0.15, 0.2) is 0 Å². The van der Waals surface area contributed by atoms with Crippen LogP contribution in [0.25, 0.3) is 0 Å². The highest BCUT2D eigenvalue weighted by atomic mass is 16.5. The number of nitrogens with zero attached hydrogens (tertiary/aromatic N) is 1. The minimum Gasteiger partial charge on any atom is -0.494 e. The minimum absolute atomic E-state index is 0.208. The molecule has 0 unspecified atom stereocenters. The predicted molar refractivity (Wildman–Crippen MR) is 142 cm³/mol. The zero-order valence-corrected chi connectivity index (χ0v) is 21.6. The lowest BCUT2D eigenvalue weighted by atomic mass is 10.0. The van der Waals surface area contributed by atoms with Crippen LogP contribution in [0, 0.1) is 5.92 Å². The number of rotatable bonds is 15. The van der Waals surface area contributed by atoms with Gasteiger partial charge in [-0.25, -0.2) is 9.79 Å². The molecule has 1 aliphatic rings. The summed E-state index contributed by atoms with van der Waals surface area (Å²) >= 11 is 0. The molecule has 0 bridgehead atoms. The normalized spacial score (nSPS) is 15.9. The zero-order valence-electron chi connectivity index (χ0n) is 21.6. The van der Waals surface area contributed by atoms with Gasteiger partial charge < -0.3 is 14.2 Å². The van der Waals surface area contributed by atoms with Crippen LogP contribution in [0.5, 0.6) is 11.5 Å². The Balaban J connectivity index is 1.39. The summed E-state index contributed by atoms with van der Waals surface area (Å²) in [6.07, 6.45) is 11.3. The van der Waals surface area contributed by atoms with E-state index in [0.717, 1.165) is 24.2 Å². The third kappa shape index (κ3) is 8.72. The second-order valence-corrected chi connectivity index (χ2v) is 9.46. The van der Waals surface area contributed by atoms with Crippen molar-refractivity contribution in [3.8, 4) is 11.5 Å². The van der Waals surface area contributed by atoms with Crippen LogP contribution in [0.1, 0.15) is 94.5 Å². The number of benzene rings is 2. The zero-order chi connectivity index (χ0) is 24.9. The van der Waals surface area contributed by atoms with Gasteiger partial charge in [-0.1, -0.05) is 72.1 Å². The Morgan fingerprint density at radius 3 is 2.20 bits per heavy atom. The number of aliphatic imine (C=N–C) groups is 1. The average molecular weight is 480 g/mol. The smallest absolute Gasteiger partial charge is 0.343 e. The highest BCUT2D eigenvalue weighted by Crippen LogP contribution is 2.22. The van der Waals surface area contributed by atoms with Crippen molar-refractivity contribution >= 4 is 11.9 Å². The molecule has 190 valence electrons. The van der Waals surface area contributed by atoms with Crippen molar-refractivity contribution in [2.45, 2.75) is 84.6 Å². The van der Waals surface area contributed by atoms with E-state index < -0.39 is 5.97 Å². The topological polar surface area (TPSA) is 57.1 Å². The molecule has 5 nitrogen and oxygen atoms in total. The van der Waals surface area contributed by atoms with Gasteiger partial charge in [0, 0.05) is 5.56 Å². The van der Waals surface area contributed by atoms with Crippen LogP contribution >= 0.6 is 0 Å². The number of hydrogen-bond acceptors (Lipinski definition) is 5. The predicted octanol–water partition coefficient (Wildman–Crippen LogP) is 7.62. The van der Waals surface area contributed by atoms with E-state index in [9.17, 15) is 4.79 Å². The summed E-state index contributed by atoms with van der Waals surface area (Å²) in [6, 6.07) is 14.7. The van der Waals surface area contributed by atoms with Crippen molar-refractivity contribution in [2.24, 2.45) is 10.9 Å². The summed E-state index contributed by atoms with van der Waals surface area (Å²) in [4.78, 5) is 17.2. The van der Waals surface area contributed by atoms with Gasteiger partial charge in [0.25, 0.3) is 0 Å². The number of hydrogen-bond donors (Lipinski definition) is 0. The molecular formula is C30H41NO4. The third-order valence-corrected chi connectivity index (χ3v) is 6.64. The quantitative estimate of drug-likeness (QED) is 0.150. The SMILES string of the molecule is CCCCCCCCCCOc1ccc(C(=O)Oc2ccc(C3=N[C@@H]([C@@H](C)CC)CO3)cc2)cc1. The Kier molecular flexibility index (Phi) is 11.1. The summed E-state index contributed by atoms with van der Waals surface area (Å²) in [5, 5.41) is 0. The van der Waals surface area contributed by atoms with E-state index in [-0.39, 0.29) is 6.04 Å². The minimum atomic E-state index is -0.390. The summed E-state index contributed by atoms with van der Waals surface area (Å²) in [7, 11) is 0. The second kappa shape index (κ2) is 14.6. The van der Waals surface area contributed by atoms with E-state index in [4.69, 9.17) is 19.2 Å². The van der Waals surface area contributed by atoms with Crippen LogP contribution < -0.4 is 9.47 Å². The van der Waals surface area contributed by atoms with E-state index in [2.05, 4.69) is 20.8 Å². The van der Waals surface area contributed by atoms with E-state index >= 15 is 0 Å². The first-order valence-corrected chi connectivity index (χ1v) is 13.4. The molecule has 2 aromatic rings. The standard InChI is InChI=1S/C30H41NO4/c1-4-6-7-8-9-10-11-12-21-33-26-17-15-25(16-18-26)30(32)35-27-19-13-24(14-20-27)29-31-28(22-34-29)23(3)5-2/h13-20,23,28H,4-12,21-22H2,1-3H3/t23-,28+/m0/s1. The molecule has 1 aliphatic heterocycles. The van der Waals surface area contributed by atoms with Gasteiger partial charge in [0.1, 0.15) is 18.1 Å². The molecular weight excluding hydrogens is 438 g/mol. The van der Waals surface area contributed by atoms with Gasteiger partial charge in [0.2, 0.25) is 5.90 Å². The summed E-state index contributed by atoms with van der Waals surface area (Å²) in [6.45, 7) is 7.94. The van der Waals surface area contributed by atoms with Gasteiger partial charge in [-0.3, -0.25) is 0 Å². The molecule has 35 heavy (non-hydrogen) atoms. The highest BCUT2D eigenvalue weighted by Gasteiger charge is 2.24. The van der Waals surface area contributed by atoms with Crippen molar-refractivity contribution in [1.82, 2.24) is 0 Å². The number of unbranched alkanes of at least 4 members (excludes halogenated alkanes) is 7. The Morgan fingerprint density at radius 2 is 1.54 bits per heavy atom. The maximum absolute atomic E-state index is 12.5. The van der Waals surface area contributed by atoms with Gasteiger partial charge >= 0.3 is 5.97 Å². The lowest BCUT2D eigenvalue weighted by molar-refractivity contribution is 0.0734. The first kappa shape index (κ1) is 26.8. The monoisotopic (exact) mass is 479 g/mol. The number of carbonyl (C=O) groups is 1. The van der Waals surface area contributed by atoms with E-state index in [0.29, 0.717) is 36.3 Å². The number of carbonyl (C=O) groups excluding carboxylic acids is 1. The molecule has 0 saturated heterocycles. The van der Waals surface area contributed by atoms with E-state index in [1.165, 1.54) is 44.9 Å². The molecule has 3 rings (SSSR count). The van der Waals surface area contributed by atoms with E-state index in [1.54, 1.807) is 24.3 Å². The average Bonchev–Trinajstić information content (AvgIpc) is 3.38. The Bertz CT molecular complexity index is 920. The Morgan fingerprint density at radius 1 is 0.914 bits per heavy atom. The van der Waals surface area contributed by atoms with Crippen LogP contribution in [-0.4, -0.2) is 31.1 Å². The van der Waals surface area contributed by atoms with Gasteiger partial charge in [-0.2, -0.15) is 0 Å². The molecule has 2 aromatic carbocycles.